The van der Waals surface area contributed by atoms with Crippen molar-refractivity contribution in [1.82, 2.24) is 14.6 Å². The lowest BCUT2D eigenvalue weighted by Gasteiger charge is -2.32. The van der Waals surface area contributed by atoms with Gasteiger partial charge in [-0.3, -0.25) is 9.78 Å². The first kappa shape index (κ1) is 16.2. The van der Waals surface area contributed by atoms with Crippen molar-refractivity contribution < 1.29 is 13.2 Å². The number of nitrogens with zero attached hydrogens (tertiary/aromatic N) is 2. The Morgan fingerprint density at radius 2 is 2.14 bits per heavy atom. The van der Waals surface area contributed by atoms with Gasteiger partial charge in [0, 0.05) is 30.4 Å². The number of halogens is 1. The largest absolute Gasteiger partial charge is 0.337 e. The fourth-order valence-electron chi connectivity index (χ4n) is 2.22. The van der Waals surface area contributed by atoms with Crippen LogP contribution in [-0.4, -0.2) is 49.1 Å². The van der Waals surface area contributed by atoms with Crippen LogP contribution in [0.15, 0.2) is 18.3 Å². The molecule has 0 radical (unpaired) electrons. The number of aromatic nitrogens is 1. The number of sulfonamides is 1. The number of hydrogen-bond donors (Lipinski definition) is 1. The Hall–Kier alpha value is -1.18. The van der Waals surface area contributed by atoms with E-state index >= 15 is 0 Å². The average molecular weight is 332 g/mol. The Labute approximate surface area is 129 Å². The average Bonchev–Trinajstić information content (AvgIpc) is 2.47. The molecule has 0 atom stereocenters. The molecule has 1 fully saturated rings. The zero-order valence-corrected chi connectivity index (χ0v) is 13.3. The molecule has 2 heterocycles. The third kappa shape index (κ3) is 4.39. The molecule has 2 rings (SSSR count). The van der Waals surface area contributed by atoms with Crippen LogP contribution in [0, 0.1) is 0 Å². The van der Waals surface area contributed by atoms with Crippen molar-refractivity contribution in [2.75, 3.05) is 18.8 Å². The smallest absolute Gasteiger partial charge is 0.272 e. The number of pyridine rings is 1. The molecule has 1 N–H and O–H groups in total. The standard InChI is InChI=1S/C13H18ClN3O3S/c1-2-21(19,20)16-11-4-7-17(8-5-11)13(18)12-9-10(14)3-6-15-12/h3,6,9,11,16H,2,4-5,7-8H2,1H3. The summed E-state index contributed by atoms with van der Waals surface area (Å²) in [5.74, 6) is -0.104. The van der Waals surface area contributed by atoms with Gasteiger partial charge in [0.15, 0.2) is 0 Å². The molecular formula is C13H18ClN3O3S. The van der Waals surface area contributed by atoms with E-state index < -0.39 is 10.0 Å². The Morgan fingerprint density at radius 3 is 2.71 bits per heavy atom. The number of hydrogen-bond acceptors (Lipinski definition) is 4. The number of carbonyl (C=O) groups excluding carboxylic acids is 1. The van der Waals surface area contributed by atoms with Crippen LogP contribution in [0.1, 0.15) is 30.3 Å². The lowest BCUT2D eigenvalue weighted by atomic mass is 10.1. The van der Waals surface area contributed by atoms with Crippen molar-refractivity contribution in [3.05, 3.63) is 29.0 Å². The first-order valence-corrected chi connectivity index (χ1v) is 8.85. The molecule has 0 aliphatic carbocycles. The first-order valence-electron chi connectivity index (χ1n) is 6.82. The van der Waals surface area contributed by atoms with E-state index in [1.54, 1.807) is 17.9 Å². The highest BCUT2D eigenvalue weighted by molar-refractivity contribution is 7.89. The Kier molecular flexibility index (Phi) is 5.18. The van der Waals surface area contributed by atoms with Gasteiger partial charge in [-0.15, -0.1) is 0 Å². The van der Waals surface area contributed by atoms with Crippen molar-refractivity contribution in [3.63, 3.8) is 0 Å². The minimum absolute atomic E-state index is 0.0680. The van der Waals surface area contributed by atoms with Gasteiger partial charge in [-0.05, 0) is 31.9 Å². The predicted octanol–water partition coefficient (Wildman–Crippen LogP) is 1.28. The van der Waals surface area contributed by atoms with E-state index in [-0.39, 0.29) is 17.7 Å². The molecule has 1 aromatic rings. The van der Waals surface area contributed by atoms with Crippen molar-refractivity contribution in [2.45, 2.75) is 25.8 Å². The molecule has 1 saturated heterocycles. The maximum Gasteiger partial charge on any atom is 0.272 e. The van der Waals surface area contributed by atoms with E-state index in [0.29, 0.717) is 36.6 Å². The van der Waals surface area contributed by atoms with Gasteiger partial charge in [-0.2, -0.15) is 0 Å². The van der Waals surface area contributed by atoms with Crippen LogP contribution in [0.5, 0.6) is 0 Å². The Balaban J connectivity index is 1.93. The van der Waals surface area contributed by atoms with Gasteiger partial charge in [0.2, 0.25) is 10.0 Å². The monoisotopic (exact) mass is 331 g/mol. The summed E-state index contributed by atoms with van der Waals surface area (Å²) in [6, 6.07) is 3.05. The lowest BCUT2D eigenvalue weighted by Crippen LogP contribution is -2.47. The fraction of sp³-hybridized carbons (Fsp3) is 0.538. The molecule has 0 saturated carbocycles. The molecule has 6 nitrogen and oxygen atoms in total. The fourth-order valence-corrected chi connectivity index (χ4v) is 3.29. The van der Waals surface area contributed by atoms with Gasteiger partial charge in [0.05, 0.1) is 5.75 Å². The maximum atomic E-state index is 12.3. The summed E-state index contributed by atoms with van der Waals surface area (Å²) in [6.07, 6.45) is 2.70. The third-order valence-corrected chi connectivity index (χ3v) is 5.14. The molecule has 0 aromatic carbocycles. The number of nitrogens with one attached hydrogen (secondary N) is 1. The summed E-state index contributed by atoms with van der Waals surface area (Å²) in [4.78, 5) is 18.0. The Morgan fingerprint density at radius 1 is 1.48 bits per heavy atom. The van der Waals surface area contributed by atoms with Crippen molar-refractivity contribution in [2.24, 2.45) is 0 Å². The van der Waals surface area contributed by atoms with Crippen molar-refractivity contribution >= 4 is 27.5 Å². The molecule has 1 aliphatic heterocycles. The van der Waals surface area contributed by atoms with E-state index in [9.17, 15) is 13.2 Å². The lowest BCUT2D eigenvalue weighted by molar-refractivity contribution is 0.0705. The molecule has 8 heteroatoms. The summed E-state index contributed by atoms with van der Waals surface area (Å²) in [7, 11) is -3.20. The van der Waals surface area contributed by atoms with Crippen LogP contribution in [0.4, 0.5) is 0 Å². The van der Waals surface area contributed by atoms with Gasteiger partial charge in [-0.25, -0.2) is 13.1 Å². The summed E-state index contributed by atoms with van der Waals surface area (Å²) in [5.41, 5.74) is 0.315. The van der Waals surface area contributed by atoms with E-state index in [1.807, 2.05) is 0 Å². The SMILES string of the molecule is CCS(=O)(=O)NC1CCN(C(=O)c2cc(Cl)ccn2)CC1. The molecule has 21 heavy (non-hydrogen) atoms. The molecular weight excluding hydrogens is 314 g/mol. The topological polar surface area (TPSA) is 79.4 Å². The van der Waals surface area contributed by atoms with Crippen LogP contribution in [0.3, 0.4) is 0 Å². The van der Waals surface area contributed by atoms with E-state index in [1.165, 1.54) is 12.3 Å². The highest BCUT2D eigenvalue weighted by Crippen LogP contribution is 2.15. The third-order valence-electron chi connectivity index (χ3n) is 3.45. The van der Waals surface area contributed by atoms with E-state index in [2.05, 4.69) is 9.71 Å². The van der Waals surface area contributed by atoms with E-state index in [0.717, 1.165) is 0 Å². The number of carbonyl (C=O) groups is 1. The summed E-state index contributed by atoms with van der Waals surface area (Å²) in [5, 5.41) is 0.471. The van der Waals surface area contributed by atoms with Crippen molar-refractivity contribution in [3.8, 4) is 0 Å². The molecule has 1 aromatic heterocycles. The number of amides is 1. The van der Waals surface area contributed by atoms with E-state index in [4.69, 9.17) is 11.6 Å². The van der Waals surface area contributed by atoms with Crippen molar-refractivity contribution in [1.29, 1.82) is 0 Å². The maximum absolute atomic E-state index is 12.3. The zero-order chi connectivity index (χ0) is 15.5. The first-order chi connectivity index (χ1) is 9.91. The predicted molar refractivity (Wildman–Crippen MR) is 80.8 cm³/mol. The number of rotatable bonds is 4. The Bertz CT molecular complexity index is 613. The molecule has 0 spiro atoms. The van der Waals surface area contributed by atoms with Gasteiger partial charge < -0.3 is 4.90 Å². The minimum atomic E-state index is -3.20. The van der Waals surface area contributed by atoms with Crippen LogP contribution in [-0.2, 0) is 10.0 Å². The summed E-state index contributed by atoms with van der Waals surface area (Å²) >= 11 is 5.85. The van der Waals surface area contributed by atoms with Crippen LogP contribution in [0.25, 0.3) is 0 Å². The normalized spacial score (nSPS) is 17.0. The second kappa shape index (κ2) is 6.72. The molecule has 116 valence electrons. The molecule has 0 bridgehead atoms. The highest BCUT2D eigenvalue weighted by atomic mass is 35.5. The van der Waals surface area contributed by atoms with Crippen LogP contribution < -0.4 is 4.72 Å². The van der Waals surface area contributed by atoms with Crippen LogP contribution in [0.2, 0.25) is 5.02 Å². The molecule has 1 aliphatic rings. The van der Waals surface area contributed by atoms with Gasteiger partial charge >= 0.3 is 0 Å². The minimum Gasteiger partial charge on any atom is -0.337 e. The second-order valence-electron chi connectivity index (χ2n) is 4.95. The van der Waals surface area contributed by atoms with Crippen LogP contribution >= 0.6 is 11.6 Å². The number of piperidine rings is 1. The van der Waals surface area contributed by atoms with Gasteiger partial charge in [0.1, 0.15) is 5.69 Å². The summed E-state index contributed by atoms with van der Waals surface area (Å²) < 4.78 is 25.7. The highest BCUT2D eigenvalue weighted by Gasteiger charge is 2.26. The molecule has 1 amide bonds. The quantitative estimate of drug-likeness (QED) is 0.901. The molecule has 0 unspecified atom stereocenters. The zero-order valence-electron chi connectivity index (χ0n) is 11.8. The number of likely N-dealkylation sites (tertiary alicyclic amines) is 1. The van der Waals surface area contributed by atoms with Gasteiger partial charge in [0.25, 0.3) is 5.91 Å². The van der Waals surface area contributed by atoms with Gasteiger partial charge in [-0.1, -0.05) is 11.6 Å². The second-order valence-corrected chi connectivity index (χ2v) is 7.43. The summed E-state index contributed by atoms with van der Waals surface area (Å²) in [6.45, 7) is 2.61.